The van der Waals surface area contributed by atoms with Gasteiger partial charge in [0.15, 0.2) is 0 Å². The molecule has 0 unspecified atom stereocenters. The minimum absolute atomic E-state index is 0.324. The highest BCUT2D eigenvalue weighted by Crippen LogP contribution is 2.37. The first-order chi connectivity index (χ1) is 18.2. The highest BCUT2D eigenvalue weighted by molar-refractivity contribution is 6.62. The minimum Gasteiger partial charge on any atom is -0.399 e. The Morgan fingerprint density at radius 2 is 1.03 bits per heavy atom. The Kier molecular flexibility index (Phi) is 6.78. The largest absolute Gasteiger partial charge is 0.494 e. The number of hydrogen-bond acceptors (Lipinski definition) is 8. The van der Waals surface area contributed by atoms with E-state index >= 15 is 0 Å². The van der Waals surface area contributed by atoms with Gasteiger partial charge in [0.05, 0.1) is 39.6 Å². The smallest absolute Gasteiger partial charge is 0.399 e. The number of fused-ring (bicyclic) bond motifs is 2. The number of rotatable bonds is 2. The van der Waals surface area contributed by atoms with Crippen molar-refractivity contribution in [2.24, 2.45) is 0 Å². The van der Waals surface area contributed by atoms with E-state index in [1.54, 1.807) is 12.3 Å². The topological polar surface area (TPSA) is 88.5 Å². The number of halogens is 1. The molecular formula is C28H33B2FN4O4. The summed E-state index contributed by atoms with van der Waals surface area (Å²) < 4.78 is 37.0. The molecule has 0 bridgehead atoms. The molecule has 2 saturated heterocycles. The Bertz CT molecular complexity index is 1500. The van der Waals surface area contributed by atoms with Gasteiger partial charge in [0.25, 0.3) is 0 Å². The monoisotopic (exact) mass is 530 g/mol. The summed E-state index contributed by atoms with van der Waals surface area (Å²) in [6, 6.07) is 14.8. The molecular weight excluding hydrogens is 497 g/mol. The highest BCUT2D eigenvalue weighted by atomic mass is 19.1. The van der Waals surface area contributed by atoms with Crippen molar-refractivity contribution >= 4 is 47.0 Å². The third-order valence-corrected chi connectivity index (χ3v) is 8.17. The third kappa shape index (κ3) is 5.28. The van der Waals surface area contributed by atoms with Crippen LogP contribution >= 0.6 is 0 Å². The summed E-state index contributed by atoms with van der Waals surface area (Å²) in [6.45, 7) is 16.2. The zero-order valence-corrected chi connectivity index (χ0v) is 23.7. The molecule has 4 aromatic rings. The molecule has 2 aliphatic heterocycles. The van der Waals surface area contributed by atoms with Gasteiger partial charge in [-0.3, -0.25) is 0 Å². The van der Waals surface area contributed by atoms with Crippen molar-refractivity contribution in [3.8, 4) is 0 Å². The molecule has 4 heterocycles. The van der Waals surface area contributed by atoms with Gasteiger partial charge in [0.1, 0.15) is 0 Å². The molecule has 0 N–H and O–H groups in total. The van der Waals surface area contributed by atoms with Crippen LogP contribution in [0.5, 0.6) is 0 Å². The lowest BCUT2D eigenvalue weighted by Crippen LogP contribution is -2.41. The molecule has 39 heavy (non-hydrogen) atoms. The van der Waals surface area contributed by atoms with Crippen LogP contribution < -0.4 is 10.9 Å². The first-order valence-corrected chi connectivity index (χ1v) is 13.0. The van der Waals surface area contributed by atoms with Gasteiger partial charge in [-0.05, 0) is 84.5 Å². The van der Waals surface area contributed by atoms with Gasteiger partial charge >= 0.3 is 14.2 Å². The standard InChI is InChI=1S/C14H16BFN2O2.C14H17BN2O2/c1-13(2)14(3,4)20-15(19-13)10-6-5-9-7-12(16)18-17-11(9)8-10;1-13(2)14(3,4)19-15(18-13)11-6-5-10-7-8-16-17-12(10)9-11/h5-8H,1-4H3;5-9H,1-4H3. The summed E-state index contributed by atoms with van der Waals surface area (Å²) in [5.74, 6) is -0.583. The fourth-order valence-electron chi connectivity index (χ4n) is 4.28. The lowest BCUT2D eigenvalue weighted by Gasteiger charge is -2.32. The quantitative estimate of drug-likeness (QED) is 0.360. The van der Waals surface area contributed by atoms with Gasteiger partial charge in [-0.25, -0.2) is 0 Å². The van der Waals surface area contributed by atoms with Crippen LogP contribution in [0.3, 0.4) is 0 Å². The van der Waals surface area contributed by atoms with Crippen LogP contribution in [-0.4, -0.2) is 57.0 Å². The van der Waals surface area contributed by atoms with Gasteiger partial charge in [-0.2, -0.15) is 14.6 Å². The molecule has 2 aromatic carbocycles. The molecule has 2 fully saturated rings. The summed E-state index contributed by atoms with van der Waals surface area (Å²) in [4.78, 5) is 0. The Labute approximate surface area is 228 Å². The Morgan fingerprint density at radius 3 is 1.54 bits per heavy atom. The molecule has 8 nitrogen and oxygen atoms in total. The van der Waals surface area contributed by atoms with Gasteiger partial charge in [0.2, 0.25) is 5.95 Å². The maximum atomic E-state index is 13.0. The second kappa shape index (κ2) is 9.59. The van der Waals surface area contributed by atoms with Crippen LogP contribution in [-0.2, 0) is 18.6 Å². The summed E-state index contributed by atoms with van der Waals surface area (Å²) in [7, 11) is -0.798. The fourth-order valence-corrected chi connectivity index (χ4v) is 4.28. The average molecular weight is 530 g/mol. The Balaban J connectivity index is 0.000000158. The third-order valence-electron chi connectivity index (χ3n) is 8.17. The van der Waals surface area contributed by atoms with E-state index in [0.717, 1.165) is 21.8 Å². The molecule has 202 valence electrons. The molecule has 2 aliphatic rings. The summed E-state index contributed by atoms with van der Waals surface area (Å²) >= 11 is 0. The first-order valence-electron chi connectivity index (χ1n) is 13.0. The van der Waals surface area contributed by atoms with E-state index in [9.17, 15) is 4.39 Å². The molecule has 11 heteroatoms. The maximum absolute atomic E-state index is 13.0. The van der Waals surface area contributed by atoms with E-state index in [4.69, 9.17) is 18.6 Å². The lowest BCUT2D eigenvalue weighted by molar-refractivity contribution is 0.00578. The average Bonchev–Trinajstić information content (AvgIpc) is 3.23. The fraction of sp³-hybridized carbons (Fsp3) is 0.429. The number of aromatic nitrogens is 4. The number of nitrogens with zero attached hydrogens (tertiary/aromatic N) is 4. The Hall–Kier alpha value is -2.98. The van der Waals surface area contributed by atoms with E-state index in [0.29, 0.717) is 10.9 Å². The SMILES string of the molecule is CC1(C)OB(c2ccc3cc(F)nnc3c2)OC1(C)C.CC1(C)OB(c2ccc3ccnnc3c2)OC1(C)C. The van der Waals surface area contributed by atoms with E-state index in [1.807, 2.05) is 91.8 Å². The van der Waals surface area contributed by atoms with Crippen molar-refractivity contribution in [1.82, 2.24) is 20.4 Å². The van der Waals surface area contributed by atoms with Gasteiger partial charge < -0.3 is 18.6 Å². The second-order valence-electron chi connectivity index (χ2n) is 12.0. The molecule has 6 rings (SSSR count). The van der Waals surface area contributed by atoms with Crippen molar-refractivity contribution in [2.75, 3.05) is 0 Å². The van der Waals surface area contributed by atoms with Crippen molar-refractivity contribution in [3.05, 3.63) is 60.7 Å². The van der Waals surface area contributed by atoms with E-state index in [-0.39, 0.29) is 29.5 Å². The van der Waals surface area contributed by atoms with Crippen LogP contribution in [0.4, 0.5) is 4.39 Å². The van der Waals surface area contributed by atoms with Crippen molar-refractivity contribution in [2.45, 2.75) is 77.8 Å². The van der Waals surface area contributed by atoms with Crippen LogP contribution in [0.2, 0.25) is 0 Å². The van der Waals surface area contributed by atoms with Gasteiger partial charge in [0, 0.05) is 16.8 Å². The number of benzene rings is 2. The molecule has 0 atom stereocenters. The highest BCUT2D eigenvalue weighted by Gasteiger charge is 2.52. The van der Waals surface area contributed by atoms with Crippen LogP contribution in [0.25, 0.3) is 21.8 Å². The lowest BCUT2D eigenvalue weighted by atomic mass is 9.79. The predicted octanol–water partition coefficient (Wildman–Crippen LogP) is 4.00. The Morgan fingerprint density at radius 1 is 0.564 bits per heavy atom. The molecule has 0 radical (unpaired) electrons. The van der Waals surface area contributed by atoms with Crippen molar-refractivity contribution in [1.29, 1.82) is 0 Å². The van der Waals surface area contributed by atoms with Crippen LogP contribution in [0.1, 0.15) is 55.4 Å². The normalized spacial score (nSPS) is 20.7. The van der Waals surface area contributed by atoms with Gasteiger partial charge in [-0.15, -0.1) is 10.2 Å². The zero-order chi connectivity index (χ0) is 28.2. The first kappa shape index (κ1) is 27.6. The van der Waals surface area contributed by atoms with Crippen molar-refractivity contribution in [3.63, 3.8) is 0 Å². The summed E-state index contributed by atoms with van der Waals surface area (Å²) in [6.07, 6.45) is 1.69. The van der Waals surface area contributed by atoms with Crippen LogP contribution in [0.15, 0.2) is 54.7 Å². The summed E-state index contributed by atoms with van der Waals surface area (Å²) in [5, 5.41) is 17.1. The maximum Gasteiger partial charge on any atom is 0.494 e. The predicted molar refractivity (Wildman–Crippen MR) is 150 cm³/mol. The molecule has 0 spiro atoms. The molecule has 0 saturated carbocycles. The summed E-state index contributed by atoms with van der Waals surface area (Å²) in [5.41, 5.74) is 1.89. The minimum atomic E-state index is -0.583. The number of hydrogen-bond donors (Lipinski definition) is 0. The van der Waals surface area contributed by atoms with E-state index < -0.39 is 13.1 Å². The van der Waals surface area contributed by atoms with Crippen molar-refractivity contribution < 1.29 is 23.0 Å². The second-order valence-corrected chi connectivity index (χ2v) is 12.0. The van der Waals surface area contributed by atoms with Gasteiger partial charge in [-0.1, -0.05) is 24.3 Å². The van der Waals surface area contributed by atoms with E-state index in [2.05, 4.69) is 20.4 Å². The van der Waals surface area contributed by atoms with E-state index in [1.165, 1.54) is 6.07 Å². The van der Waals surface area contributed by atoms with Crippen LogP contribution in [0, 0.1) is 5.95 Å². The molecule has 2 aromatic heterocycles. The molecule has 0 aliphatic carbocycles. The molecule has 0 amide bonds. The zero-order valence-electron chi connectivity index (χ0n) is 23.7.